The molecule has 128 valence electrons. The Morgan fingerprint density at radius 1 is 1.17 bits per heavy atom. The van der Waals surface area contributed by atoms with Crippen LogP contribution in [0.4, 0.5) is 0 Å². The molecule has 0 aromatic carbocycles. The molecule has 4 rings (SSSR count). The minimum atomic E-state index is -0.204. The molecule has 1 saturated heterocycles. The average molecular weight is 332 g/mol. The van der Waals surface area contributed by atoms with Crippen LogP contribution in [0, 0.1) is 0 Å². The van der Waals surface area contributed by atoms with Gasteiger partial charge in [0.2, 0.25) is 0 Å². The van der Waals surface area contributed by atoms with E-state index >= 15 is 0 Å². The van der Waals surface area contributed by atoms with E-state index in [1.54, 1.807) is 0 Å². The number of hydrogen-bond acceptors (Lipinski definition) is 7. The normalized spacial score (nSPS) is 20.1. The Balaban J connectivity index is 1.31. The topological polar surface area (TPSA) is 103 Å². The first kappa shape index (κ1) is 15.3. The molecule has 1 fully saturated rings. The Morgan fingerprint density at radius 3 is 2.96 bits per heavy atom. The van der Waals surface area contributed by atoms with Gasteiger partial charge in [-0.05, 0) is 32.1 Å². The van der Waals surface area contributed by atoms with Gasteiger partial charge in [0, 0.05) is 31.6 Å². The first-order valence-corrected chi connectivity index (χ1v) is 8.51. The lowest BCUT2D eigenvalue weighted by Gasteiger charge is -2.08. The molecule has 0 unspecified atom stereocenters. The van der Waals surface area contributed by atoms with Gasteiger partial charge in [-0.1, -0.05) is 10.3 Å². The van der Waals surface area contributed by atoms with Crippen molar-refractivity contribution in [2.45, 2.75) is 51.0 Å². The van der Waals surface area contributed by atoms with Crippen molar-refractivity contribution in [1.29, 1.82) is 0 Å². The van der Waals surface area contributed by atoms with E-state index in [2.05, 4.69) is 20.6 Å². The Hall–Kier alpha value is -2.22. The van der Waals surface area contributed by atoms with Crippen LogP contribution in [-0.4, -0.2) is 34.4 Å². The van der Waals surface area contributed by atoms with Crippen molar-refractivity contribution in [3.05, 3.63) is 28.7 Å². The third-order valence-electron chi connectivity index (χ3n) is 4.49. The summed E-state index contributed by atoms with van der Waals surface area (Å²) in [5, 5.41) is 10.7. The lowest BCUT2D eigenvalue weighted by atomic mass is 9.96. The van der Waals surface area contributed by atoms with Crippen molar-refractivity contribution in [3.63, 3.8) is 0 Å². The Morgan fingerprint density at radius 2 is 2.08 bits per heavy atom. The average Bonchev–Trinajstić information content (AvgIpc) is 3.34. The van der Waals surface area contributed by atoms with Gasteiger partial charge in [0.15, 0.2) is 11.5 Å². The smallest absolute Gasteiger partial charge is 0.273 e. The van der Waals surface area contributed by atoms with E-state index in [4.69, 9.17) is 13.8 Å². The van der Waals surface area contributed by atoms with Gasteiger partial charge in [0.1, 0.15) is 11.9 Å². The van der Waals surface area contributed by atoms with Gasteiger partial charge in [0.05, 0.1) is 0 Å². The molecule has 24 heavy (non-hydrogen) atoms. The Bertz CT molecular complexity index is 717. The zero-order valence-corrected chi connectivity index (χ0v) is 13.4. The molecule has 2 aromatic rings. The fraction of sp³-hybridized carbons (Fsp3) is 0.625. The second-order valence-electron chi connectivity index (χ2n) is 6.20. The molecule has 0 saturated carbocycles. The summed E-state index contributed by atoms with van der Waals surface area (Å²) in [4.78, 5) is 16.6. The van der Waals surface area contributed by atoms with E-state index < -0.39 is 0 Å². The Labute approximate surface area is 138 Å². The van der Waals surface area contributed by atoms with Crippen LogP contribution in [0.2, 0.25) is 0 Å². The van der Waals surface area contributed by atoms with Gasteiger partial charge in [-0.2, -0.15) is 4.98 Å². The lowest BCUT2D eigenvalue weighted by Crippen LogP contribution is -2.27. The summed E-state index contributed by atoms with van der Waals surface area (Å²) in [6.45, 7) is 1.16. The van der Waals surface area contributed by atoms with Crippen molar-refractivity contribution in [1.82, 2.24) is 20.6 Å². The number of aromatic nitrogens is 3. The SMILES string of the molecule is O=C(NCCc1noc([C@@H]2CCCO2)n1)c1noc2c1CCCC2. The number of nitrogens with one attached hydrogen (secondary N) is 1. The minimum Gasteiger partial charge on any atom is -0.368 e. The highest BCUT2D eigenvalue weighted by Gasteiger charge is 2.25. The fourth-order valence-corrected chi connectivity index (χ4v) is 3.21. The molecule has 1 aliphatic carbocycles. The molecule has 2 aliphatic rings. The van der Waals surface area contributed by atoms with E-state index in [-0.39, 0.29) is 12.0 Å². The van der Waals surface area contributed by atoms with Crippen molar-refractivity contribution < 1.29 is 18.6 Å². The van der Waals surface area contributed by atoms with E-state index in [0.717, 1.165) is 56.5 Å². The Kier molecular flexibility index (Phi) is 4.29. The molecule has 3 heterocycles. The third kappa shape index (κ3) is 3.06. The minimum absolute atomic E-state index is 0.0810. The number of rotatable bonds is 5. The van der Waals surface area contributed by atoms with Crippen LogP contribution in [0.15, 0.2) is 9.05 Å². The quantitative estimate of drug-likeness (QED) is 0.889. The number of ether oxygens (including phenoxy) is 1. The molecule has 2 aromatic heterocycles. The van der Waals surface area contributed by atoms with Crippen molar-refractivity contribution >= 4 is 5.91 Å². The predicted molar refractivity (Wildman–Crippen MR) is 81.4 cm³/mol. The second kappa shape index (κ2) is 6.72. The number of hydrogen-bond donors (Lipinski definition) is 1. The maximum absolute atomic E-state index is 12.3. The van der Waals surface area contributed by atoms with E-state index in [1.165, 1.54) is 0 Å². The summed E-state index contributed by atoms with van der Waals surface area (Å²) in [5.41, 5.74) is 1.37. The van der Waals surface area contributed by atoms with Crippen LogP contribution in [-0.2, 0) is 24.0 Å². The number of nitrogens with zero attached hydrogens (tertiary/aromatic N) is 3. The van der Waals surface area contributed by atoms with Crippen LogP contribution in [0.1, 0.15) is 65.3 Å². The van der Waals surface area contributed by atoms with Gasteiger partial charge in [-0.25, -0.2) is 0 Å². The summed E-state index contributed by atoms with van der Waals surface area (Å²) in [6.07, 6.45) is 6.24. The standard InChI is InChI=1S/C16H20N4O4/c21-15(14-10-4-1-2-5-11(10)23-20-14)17-8-7-13-18-16(24-19-13)12-6-3-9-22-12/h12H,1-9H2,(H,17,21)/t12-/m0/s1. The maximum Gasteiger partial charge on any atom is 0.273 e. The molecule has 0 bridgehead atoms. The van der Waals surface area contributed by atoms with E-state index in [0.29, 0.717) is 30.4 Å². The van der Waals surface area contributed by atoms with Crippen molar-refractivity contribution in [3.8, 4) is 0 Å². The highest BCUT2D eigenvalue weighted by Crippen LogP contribution is 2.27. The van der Waals surface area contributed by atoms with Crippen molar-refractivity contribution in [2.75, 3.05) is 13.2 Å². The number of amides is 1. The summed E-state index contributed by atoms with van der Waals surface area (Å²) in [6, 6.07) is 0. The second-order valence-corrected chi connectivity index (χ2v) is 6.20. The predicted octanol–water partition coefficient (Wildman–Crippen LogP) is 1.76. The molecule has 1 atom stereocenters. The fourth-order valence-electron chi connectivity index (χ4n) is 3.21. The zero-order valence-electron chi connectivity index (χ0n) is 13.4. The molecule has 0 spiro atoms. The van der Waals surface area contributed by atoms with Crippen molar-refractivity contribution in [2.24, 2.45) is 0 Å². The van der Waals surface area contributed by atoms with Crippen LogP contribution < -0.4 is 5.32 Å². The van der Waals surface area contributed by atoms with Gasteiger partial charge in [-0.3, -0.25) is 4.79 Å². The van der Waals surface area contributed by atoms with E-state index in [9.17, 15) is 4.79 Å². The summed E-state index contributed by atoms with van der Waals surface area (Å²) in [5.74, 6) is 1.75. The number of carbonyl (C=O) groups is 1. The third-order valence-corrected chi connectivity index (χ3v) is 4.49. The molecule has 1 amide bonds. The van der Waals surface area contributed by atoms with Gasteiger partial charge < -0.3 is 19.1 Å². The highest BCUT2D eigenvalue weighted by molar-refractivity contribution is 5.93. The molecule has 8 heteroatoms. The number of carbonyl (C=O) groups excluding carboxylic acids is 1. The van der Waals surface area contributed by atoms with Crippen LogP contribution >= 0.6 is 0 Å². The molecule has 0 radical (unpaired) electrons. The first-order valence-electron chi connectivity index (χ1n) is 8.51. The van der Waals surface area contributed by atoms with Crippen LogP contribution in [0.3, 0.4) is 0 Å². The molecule has 1 N–H and O–H groups in total. The number of aryl methyl sites for hydroxylation is 1. The zero-order chi connectivity index (χ0) is 16.4. The largest absolute Gasteiger partial charge is 0.368 e. The summed E-state index contributed by atoms with van der Waals surface area (Å²) in [7, 11) is 0. The summed E-state index contributed by atoms with van der Waals surface area (Å²) < 4.78 is 16.0. The molecule has 1 aliphatic heterocycles. The van der Waals surface area contributed by atoms with Crippen LogP contribution in [0.5, 0.6) is 0 Å². The van der Waals surface area contributed by atoms with E-state index in [1.807, 2.05) is 0 Å². The lowest BCUT2D eigenvalue weighted by molar-refractivity contribution is 0.0835. The highest BCUT2D eigenvalue weighted by atomic mass is 16.5. The van der Waals surface area contributed by atoms with Gasteiger partial charge >= 0.3 is 0 Å². The molecular formula is C16H20N4O4. The van der Waals surface area contributed by atoms with Gasteiger partial charge in [0.25, 0.3) is 11.8 Å². The summed E-state index contributed by atoms with van der Waals surface area (Å²) >= 11 is 0. The molecular weight excluding hydrogens is 312 g/mol. The van der Waals surface area contributed by atoms with Crippen LogP contribution in [0.25, 0.3) is 0 Å². The van der Waals surface area contributed by atoms with Gasteiger partial charge in [-0.15, -0.1) is 0 Å². The number of fused-ring (bicyclic) bond motifs is 1. The monoisotopic (exact) mass is 332 g/mol. The maximum atomic E-state index is 12.3. The molecule has 8 nitrogen and oxygen atoms in total. The first-order chi connectivity index (χ1) is 11.8.